The Hall–Kier alpha value is -16.7. The van der Waals surface area contributed by atoms with Gasteiger partial charge in [-0.05, 0) is 171 Å². The molecule has 0 aromatic heterocycles. The minimum absolute atomic E-state index is 0.131. The second kappa shape index (κ2) is 40.7. The maximum Gasteiger partial charge on any atom is 0.345 e. The van der Waals surface area contributed by atoms with Crippen molar-refractivity contribution in [2.45, 2.75) is 95.1 Å². The quantitative estimate of drug-likeness (QED) is 0.0471. The number of ether oxygens (including phenoxy) is 8. The standard InChI is InChI=1S/C27H24O6.2C27H20O2.C23H18O2.C20H18O4/c1-13(2)25(28)32-23-18-12-19-21(27(30)33-24(19)23)20(18)26(29)31-22-16-9-5-3-7-14(16)11-15-8-4-6-10-17(15)22;1-2-18-11-7-15-24-21(18)14-8-16-25(24)27(28)29-26-22-12-5-3-9-19(22)17-20-10-4-6-13-23(20)26;1-2-18-15-16-25(24-14-8-7-11-21(18)24)27(28)29-26-22-12-5-3-9-19(22)17-20-10-4-6-13-23(20)26;1-2-16-11-13-17(14-12-16)23(24)25-22-20-9-5-3-7-18(20)15-19-8-4-6-10-21(19)22;1-13(2)20(22)23-12-18(21)24-19-16-9-5-3-7-14(16)11-15-8-4-6-10-17(15)19/h3-10,18-24H,1,11-12H2,2H3;2*2-16,26H,1,17H2;2-14,22H,1,15H2;3-10,19H,1,11-12H2,2H3. The first-order valence-electron chi connectivity index (χ1n) is 47.0. The largest absolute Gasteiger partial charge is 0.458 e. The van der Waals surface area contributed by atoms with Crippen molar-refractivity contribution in [1.29, 1.82) is 0 Å². The maximum absolute atomic E-state index is 13.6. The molecule has 7 aliphatic carbocycles. The Morgan fingerprint density at radius 3 is 1.02 bits per heavy atom. The van der Waals surface area contributed by atoms with Crippen LogP contribution in [0.15, 0.2) is 384 Å². The Kier molecular flexibility index (Phi) is 26.8. The summed E-state index contributed by atoms with van der Waals surface area (Å²) in [5.41, 5.74) is 27.2. The van der Waals surface area contributed by atoms with Crippen molar-refractivity contribution in [2.24, 2.45) is 23.7 Å². The van der Waals surface area contributed by atoms with Gasteiger partial charge in [0.05, 0.1) is 28.5 Å². The molecule has 6 atom stereocenters. The Balaban J connectivity index is 0.000000112. The van der Waals surface area contributed by atoms with E-state index in [0.29, 0.717) is 23.1 Å². The van der Waals surface area contributed by atoms with Crippen LogP contribution in [0.2, 0.25) is 0 Å². The molecule has 0 spiro atoms. The van der Waals surface area contributed by atoms with E-state index in [2.05, 4.69) is 106 Å². The van der Waals surface area contributed by atoms with Crippen LogP contribution in [-0.2, 0) is 94.0 Å². The van der Waals surface area contributed by atoms with Crippen molar-refractivity contribution >= 4 is 87.5 Å². The van der Waals surface area contributed by atoms with Gasteiger partial charge in [-0.15, -0.1) is 0 Å². The molecule has 16 heteroatoms. The molecule has 2 bridgehead atoms. The number of esters is 8. The molecule has 140 heavy (non-hydrogen) atoms. The lowest BCUT2D eigenvalue weighted by molar-refractivity contribution is -0.165. The van der Waals surface area contributed by atoms with E-state index >= 15 is 0 Å². The Labute approximate surface area is 812 Å². The van der Waals surface area contributed by atoms with Crippen molar-refractivity contribution in [1.82, 2.24) is 0 Å². The van der Waals surface area contributed by atoms with E-state index in [4.69, 9.17) is 37.9 Å². The van der Waals surface area contributed by atoms with Gasteiger partial charge < -0.3 is 37.9 Å². The molecule has 8 aliphatic rings. The van der Waals surface area contributed by atoms with Gasteiger partial charge in [0.1, 0.15) is 12.2 Å². The molecular formula is C124H100O16. The van der Waals surface area contributed by atoms with E-state index in [1.54, 1.807) is 25.1 Å². The van der Waals surface area contributed by atoms with Gasteiger partial charge in [0.25, 0.3) is 0 Å². The molecule has 15 aromatic rings. The first-order chi connectivity index (χ1) is 68.3. The molecule has 23 rings (SSSR count). The fourth-order valence-electron chi connectivity index (χ4n) is 20.9. The second-order valence-electron chi connectivity index (χ2n) is 36.2. The van der Waals surface area contributed by atoms with Crippen LogP contribution in [0.4, 0.5) is 0 Å². The third kappa shape index (κ3) is 18.7. The highest BCUT2D eigenvalue weighted by molar-refractivity contribution is 6.08. The van der Waals surface area contributed by atoms with Crippen LogP contribution in [-0.4, -0.2) is 66.6 Å². The van der Waals surface area contributed by atoms with Crippen molar-refractivity contribution in [3.8, 4) is 0 Å². The van der Waals surface area contributed by atoms with Gasteiger partial charge in [-0.1, -0.05) is 367 Å². The number of hydrogen-bond acceptors (Lipinski definition) is 16. The first kappa shape index (κ1) is 92.4. The van der Waals surface area contributed by atoms with Gasteiger partial charge in [-0.25, -0.2) is 28.8 Å². The Morgan fingerprint density at radius 2 is 0.643 bits per heavy atom. The van der Waals surface area contributed by atoms with E-state index in [9.17, 15) is 38.4 Å². The summed E-state index contributed by atoms with van der Waals surface area (Å²) in [6.07, 6.45) is 6.82. The number of carbonyl (C=O) groups is 8. The monoisotopic (exact) mass is 1840 g/mol. The maximum atomic E-state index is 13.6. The molecule has 0 N–H and O–H groups in total. The number of benzene rings is 15. The molecule has 6 unspecified atom stereocenters. The third-order valence-corrected chi connectivity index (χ3v) is 27.7. The summed E-state index contributed by atoms with van der Waals surface area (Å²) in [5, 5.41) is 3.77. The van der Waals surface area contributed by atoms with Crippen molar-refractivity contribution in [2.75, 3.05) is 6.61 Å². The van der Waals surface area contributed by atoms with Gasteiger partial charge in [0.2, 0.25) is 0 Å². The minimum atomic E-state index is -0.689. The molecule has 1 saturated heterocycles. The van der Waals surface area contributed by atoms with Gasteiger partial charge in [0.15, 0.2) is 37.1 Å². The number of carbonyl (C=O) groups excluding carboxylic acids is 8. The Bertz CT molecular complexity index is 7100. The van der Waals surface area contributed by atoms with E-state index in [1.807, 2.05) is 267 Å². The molecule has 692 valence electrons. The van der Waals surface area contributed by atoms with Crippen LogP contribution in [0.1, 0.15) is 210 Å². The van der Waals surface area contributed by atoms with Gasteiger partial charge >= 0.3 is 47.8 Å². The topological polar surface area (TPSA) is 210 Å². The lowest BCUT2D eigenvalue weighted by Gasteiger charge is -2.33. The second-order valence-corrected chi connectivity index (χ2v) is 36.2. The zero-order chi connectivity index (χ0) is 96.8. The fourth-order valence-corrected chi connectivity index (χ4v) is 20.9. The van der Waals surface area contributed by atoms with Crippen molar-refractivity contribution in [3.63, 3.8) is 0 Å². The SMILES string of the molecule is C=C(C)C(=O)OC1C2CC3C1OC(=O)C3C2C(=O)OC1c2ccccc2Cc2ccccc21.C=C(C)C(=O)OCC(=O)OC1c2ccccc2Cc2ccccc21.C=Cc1ccc(C(=O)OC2c3ccccc3Cc3ccccc32)c2ccccc12.C=Cc1ccc(C(=O)OC2c3ccccc3Cc3ccccc32)cc1.C=Cc1cccc2c(C(=O)OC3c4ccccc4Cc4ccccc43)cccc12. The highest BCUT2D eigenvalue weighted by atomic mass is 16.6. The highest BCUT2D eigenvalue weighted by Crippen LogP contribution is 2.60. The molecule has 3 fully saturated rings. The molecule has 1 aliphatic heterocycles. The summed E-state index contributed by atoms with van der Waals surface area (Å²) in [6.45, 7) is 21.3. The van der Waals surface area contributed by atoms with Crippen molar-refractivity contribution in [3.05, 3.63) is 528 Å². The average Bonchev–Trinajstić information content (AvgIpc) is 1.54. The third-order valence-electron chi connectivity index (χ3n) is 27.7. The van der Waals surface area contributed by atoms with Crippen LogP contribution in [0, 0.1) is 23.7 Å². The summed E-state index contributed by atoms with van der Waals surface area (Å²) in [4.78, 5) is 101. The molecule has 1 heterocycles. The molecule has 0 amide bonds. The fraction of sp³-hybridized carbons (Fsp3) is 0.161. The average molecular weight is 1850 g/mol. The van der Waals surface area contributed by atoms with Crippen LogP contribution in [0.5, 0.6) is 0 Å². The van der Waals surface area contributed by atoms with Crippen LogP contribution < -0.4 is 0 Å². The smallest absolute Gasteiger partial charge is 0.345 e. The summed E-state index contributed by atoms with van der Waals surface area (Å²) < 4.78 is 46.1. The highest BCUT2D eigenvalue weighted by Gasteiger charge is 2.70. The number of hydrogen-bond donors (Lipinski definition) is 0. The van der Waals surface area contributed by atoms with Crippen LogP contribution in [0.3, 0.4) is 0 Å². The van der Waals surface area contributed by atoms with Crippen LogP contribution >= 0.6 is 0 Å². The molecule has 0 radical (unpaired) electrons. The first-order valence-corrected chi connectivity index (χ1v) is 47.0. The summed E-state index contributed by atoms with van der Waals surface area (Å²) in [7, 11) is 0. The molecule has 16 nitrogen and oxygen atoms in total. The van der Waals surface area contributed by atoms with Crippen molar-refractivity contribution < 1.29 is 76.3 Å². The van der Waals surface area contributed by atoms with Crippen LogP contribution in [0.25, 0.3) is 39.8 Å². The zero-order valence-corrected chi connectivity index (χ0v) is 77.4. The predicted molar refractivity (Wildman–Crippen MR) is 540 cm³/mol. The van der Waals surface area contributed by atoms with E-state index in [-0.39, 0.29) is 47.0 Å². The Morgan fingerprint density at radius 1 is 0.321 bits per heavy atom. The number of fused-ring (bicyclic) bond motifs is 13. The van der Waals surface area contributed by atoms with Gasteiger partial charge in [-0.3, -0.25) is 9.59 Å². The molecule has 15 aromatic carbocycles. The van der Waals surface area contributed by atoms with Gasteiger partial charge in [-0.2, -0.15) is 0 Å². The normalized spacial score (nSPS) is 17.1. The molecule has 2 saturated carbocycles. The van der Waals surface area contributed by atoms with Gasteiger partial charge in [0, 0.05) is 78.6 Å². The minimum Gasteiger partial charge on any atom is -0.458 e. The van der Waals surface area contributed by atoms with E-state index in [0.717, 1.165) is 148 Å². The predicted octanol–water partition coefficient (Wildman–Crippen LogP) is 24.7. The number of rotatable bonds is 17. The summed E-state index contributed by atoms with van der Waals surface area (Å²) >= 11 is 0. The van der Waals surface area contributed by atoms with E-state index in [1.165, 1.54) is 40.3 Å². The van der Waals surface area contributed by atoms with E-state index < -0.39 is 84.9 Å². The zero-order valence-electron chi connectivity index (χ0n) is 77.4. The lowest BCUT2D eigenvalue weighted by atomic mass is 9.78. The summed E-state index contributed by atoms with van der Waals surface area (Å²) in [6, 6.07) is 111. The molecular weight excluding hydrogens is 1750 g/mol. The lowest BCUT2D eigenvalue weighted by Crippen LogP contribution is -2.44. The summed E-state index contributed by atoms with van der Waals surface area (Å²) in [5.74, 6) is -5.15.